The normalized spacial score (nSPS) is 10.9. The van der Waals surface area contributed by atoms with Crippen molar-refractivity contribution in [3.05, 3.63) is 13.8 Å². The second-order valence-electron chi connectivity index (χ2n) is 9.34. The number of unbranched alkanes of at least 4 members (excludes halogenated alkanes) is 24. The molecule has 0 saturated heterocycles. The largest absolute Gasteiger partial charge is 0.103 e. The van der Waals surface area contributed by atoms with Crippen LogP contribution in [0.3, 0.4) is 0 Å². The fourth-order valence-electron chi connectivity index (χ4n) is 4.19. The maximum atomic E-state index is 3.91. The van der Waals surface area contributed by atoms with Gasteiger partial charge in [-0.15, -0.1) is 11.8 Å². The molecular weight excluding hydrogens is 360 g/mol. The highest BCUT2D eigenvalue weighted by molar-refractivity contribution is 4.98. The van der Waals surface area contributed by atoms with Gasteiger partial charge in [-0.2, -0.15) is 0 Å². The molecule has 0 spiro atoms. The Morgan fingerprint density at radius 1 is 0.267 bits per heavy atom. The van der Waals surface area contributed by atoms with Gasteiger partial charge in [-0.05, 0) is 12.8 Å². The SMILES string of the molecule is [CH2]CCC#CCCCCCCCCCCCCCCCCCCCCCCCC[CH2]. The fourth-order valence-corrected chi connectivity index (χ4v) is 4.19. The van der Waals surface area contributed by atoms with E-state index in [9.17, 15) is 0 Å². The molecule has 0 aromatic rings. The van der Waals surface area contributed by atoms with Crippen LogP contribution in [0.4, 0.5) is 0 Å². The summed E-state index contributed by atoms with van der Waals surface area (Å²) >= 11 is 0. The van der Waals surface area contributed by atoms with Gasteiger partial charge in [-0.25, -0.2) is 0 Å². The average molecular weight is 417 g/mol. The first-order valence-corrected chi connectivity index (χ1v) is 14.0. The average Bonchev–Trinajstić information content (AvgIpc) is 2.76. The van der Waals surface area contributed by atoms with E-state index in [1.54, 1.807) is 0 Å². The van der Waals surface area contributed by atoms with Crippen LogP contribution in [0.15, 0.2) is 0 Å². The van der Waals surface area contributed by atoms with Gasteiger partial charge in [0.15, 0.2) is 0 Å². The summed E-state index contributed by atoms with van der Waals surface area (Å²) in [6, 6.07) is 0. The van der Waals surface area contributed by atoms with Crippen molar-refractivity contribution in [2.75, 3.05) is 0 Å². The van der Waals surface area contributed by atoms with Crippen LogP contribution in [0.5, 0.6) is 0 Å². The highest BCUT2D eigenvalue weighted by Gasteiger charge is 1.95. The quantitative estimate of drug-likeness (QED) is 0.108. The van der Waals surface area contributed by atoms with E-state index in [4.69, 9.17) is 0 Å². The molecule has 30 heavy (non-hydrogen) atoms. The lowest BCUT2D eigenvalue weighted by atomic mass is 10.0. The zero-order chi connectivity index (χ0) is 21.8. The Bertz CT molecular complexity index is 345. The fraction of sp³-hybridized carbons (Fsp3) is 0.867. The van der Waals surface area contributed by atoms with Gasteiger partial charge in [0.1, 0.15) is 0 Å². The third-order valence-electron chi connectivity index (χ3n) is 6.23. The lowest BCUT2D eigenvalue weighted by Crippen LogP contribution is -1.84. The second-order valence-corrected chi connectivity index (χ2v) is 9.34. The van der Waals surface area contributed by atoms with E-state index in [-0.39, 0.29) is 0 Å². The third-order valence-corrected chi connectivity index (χ3v) is 6.23. The Morgan fingerprint density at radius 3 is 0.833 bits per heavy atom. The Kier molecular flexibility index (Phi) is 28.1. The van der Waals surface area contributed by atoms with Gasteiger partial charge < -0.3 is 0 Å². The minimum atomic E-state index is 0.950. The molecule has 0 fully saturated rings. The maximum absolute atomic E-state index is 3.91. The molecule has 0 aromatic carbocycles. The first kappa shape index (κ1) is 29.6. The van der Waals surface area contributed by atoms with Gasteiger partial charge in [0.25, 0.3) is 0 Å². The molecule has 0 saturated carbocycles. The summed E-state index contributed by atoms with van der Waals surface area (Å²) in [6.45, 7) is 7.73. The summed E-state index contributed by atoms with van der Waals surface area (Å²) in [7, 11) is 0. The van der Waals surface area contributed by atoms with Crippen LogP contribution in [0.2, 0.25) is 0 Å². The van der Waals surface area contributed by atoms with Gasteiger partial charge in [0.05, 0.1) is 0 Å². The van der Waals surface area contributed by atoms with Gasteiger partial charge in [0.2, 0.25) is 0 Å². The molecule has 0 atom stereocenters. The molecule has 0 nitrogen and oxygen atoms in total. The molecule has 2 radical (unpaired) electrons. The van der Waals surface area contributed by atoms with E-state index in [1.807, 2.05) is 0 Å². The Labute approximate surface area is 192 Å². The predicted octanol–water partition coefficient (Wildman–Crippen LogP) is 10.8. The zero-order valence-corrected chi connectivity index (χ0v) is 20.8. The topological polar surface area (TPSA) is 0 Å². The Hall–Kier alpha value is -0.440. The second kappa shape index (κ2) is 28.6. The Balaban J connectivity index is 3.01. The molecule has 0 N–H and O–H groups in total. The predicted molar refractivity (Wildman–Crippen MR) is 139 cm³/mol. The smallest absolute Gasteiger partial charge is 0.00886 e. The summed E-state index contributed by atoms with van der Waals surface area (Å²) in [5, 5.41) is 0. The lowest BCUT2D eigenvalue weighted by molar-refractivity contribution is 0.519. The molecule has 0 heteroatoms. The zero-order valence-electron chi connectivity index (χ0n) is 20.8. The molecule has 0 aromatic heterocycles. The van der Waals surface area contributed by atoms with Crippen molar-refractivity contribution in [3.63, 3.8) is 0 Å². The molecule has 0 amide bonds. The van der Waals surface area contributed by atoms with Crippen LogP contribution in [-0.2, 0) is 0 Å². The van der Waals surface area contributed by atoms with Crippen LogP contribution in [0, 0.1) is 25.7 Å². The first-order valence-electron chi connectivity index (χ1n) is 14.0. The molecule has 0 aliphatic carbocycles. The highest BCUT2D eigenvalue weighted by atomic mass is 14.0. The number of hydrogen-bond donors (Lipinski definition) is 0. The van der Waals surface area contributed by atoms with Crippen molar-refractivity contribution in [2.24, 2.45) is 0 Å². The van der Waals surface area contributed by atoms with E-state index < -0.39 is 0 Å². The first-order chi connectivity index (χ1) is 14.9. The summed E-state index contributed by atoms with van der Waals surface area (Å²) in [5.74, 6) is 6.44. The van der Waals surface area contributed by atoms with Crippen molar-refractivity contribution in [3.8, 4) is 11.8 Å². The van der Waals surface area contributed by atoms with Crippen LogP contribution in [-0.4, -0.2) is 0 Å². The van der Waals surface area contributed by atoms with E-state index in [0.717, 1.165) is 25.7 Å². The van der Waals surface area contributed by atoms with Crippen molar-refractivity contribution >= 4 is 0 Å². The molecule has 0 heterocycles. The van der Waals surface area contributed by atoms with Crippen molar-refractivity contribution in [1.29, 1.82) is 0 Å². The van der Waals surface area contributed by atoms with Gasteiger partial charge >= 0.3 is 0 Å². The van der Waals surface area contributed by atoms with Crippen molar-refractivity contribution in [1.82, 2.24) is 0 Å². The highest BCUT2D eigenvalue weighted by Crippen LogP contribution is 2.15. The third kappa shape index (κ3) is 27.6. The minimum absolute atomic E-state index is 0.950. The molecule has 176 valence electrons. The molecular formula is C30H56. The minimum Gasteiger partial charge on any atom is -0.103 e. The van der Waals surface area contributed by atoms with Crippen LogP contribution < -0.4 is 0 Å². The summed E-state index contributed by atoms with van der Waals surface area (Å²) in [6.07, 6.45) is 35.8. The molecule has 0 bridgehead atoms. The van der Waals surface area contributed by atoms with Crippen LogP contribution >= 0.6 is 0 Å². The van der Waals surface area contributed by atoms with Crippen LogP contribution in [0.25, 0.3) is 0 Å². The van der Waals surface area contributed by atoms with Gasteiger partial charge in [0, 0.05) is 12.8 Å². The standard InChI is InChI=1S/C30H56/c1-3-5-7-9-11-13-15-17-19-21-23-25-27-29-30-28-26-24-22-20-18-16-14-12-10-8-6-4-2/h1-7,9,11-30H2. The van der Waals surface area contributed by atoms with Crippen molar-refractivity contribution < 1.29 is 0 Å². The van der Waals surface area contributed by atoms with E-state index in [0.29, 0.717) is 0 Å². The van der Waals surface area contributed by atoms with Crippen molar-refractivity contribution in [2.45, 2.75) is 167 Å². The summed E-state index contributed by atoms with van der Waals surface area (Å²) in [5.41, 5.74) is 0. The van der Waals surface area contributed by atoms with E-state index >= 15 is 0 Å². The van der Waals surface area contributed by atoms with Gasteiger partial charge in [-0.1, -0.05) is 155 Å². The molecule has 0 aliphatic rings. The molecule has 0 rings (SSSR count). The monoisotopic (exact) mass is 416 g/mol. The van der Waals surface area contributed by atoms with Gasteiger partial charge in [-0.3, -0.25) is 0 Å². The summed E-state index contributed by atoms with van der Waals surface area (Å²) in [4.78, 5) is 0. The number of rotatable bonds is 24. The lowest BCUT2D eigenvalue weighted by Gasteiger charge is -2.04. The molecule has 0 unspecified atom stereocenters. The number of hydrogen-bond acceptors (Lipinski definition) is 0. The molecule has 0 aliphatic heterocycles. The maximum Gasteiger partial charge on any atom is 0.00886 e. The van der Waals surface area contributed by atoms with Crippen LogP contribution in [0.1, 0.15) is 167 Å². The van der Waals surface area contributed by atoms with E-state index in [1.165, 1.54) is 141 Å². The Morgan fingerprint density at radius 2 is 0.533 bits per heavy atom. The van der Waals surface area contributed by atoms with E-state index in [2.05, 4.69) is 25.7 Å². The summed E-state index contributed by atoms with van der Waals surface area (Å²) < 4.78 is 0.